The molecule has 132 valence electrons. The molecule has 0 radical (unpaired) electrons. The number of nitrogens with one attached hydrogen (secondary N) is 2. The van der Waals surface area contributed by atoms with Crippen LogP contribution in [0.2, 0.25) is 0 Å². The number of amides is 2. The molecule has 0 aliphatic carbocycles. The van der Waals surface area contributed by atoms with Crippen LogP contribution in [0.15, 0.2) is 48.5 Å². The SMILES string of the molecule is CCC(=O)Nc1cccc(NC(=O)c2cccc(CS(C)(=O)=O)c2)c1. The van der Waals surface area contributed by atoms with Crippen LogP contribution in [-0.2, 0) is 20.4 Å². The van der Waals surface area contributed by atoms with Crippen LogP contribution in [0, 0.1) is 0 Å². The zero-order valence-electron chi connectivity index (χ0n) is 14.1. The smallest absolute Gasteiger partial charge is 0.255 e. The lowest BCUT2D eigenvalue weighted by molar-refractivity contribution is -0.115. The first-order valence-electron chi connectivity index (χ1n) is 7.75. The molecule has 0 saturated heterocycles. The maximum Gasteiger partial charge on any atom is 0.255 e. The number of sulfone groups is 1. The van der Waals surface area contributed by atoms with Crippen molar-refractivity contribution in [2.24, 2.45) is 0 Å². The maximum atomic E-state index is 12.4. The van der Waals surface area contributed by atoms with Crippen molar-refractivity contribution < 1.29 is 18.0 Å². The summed E-state index contributed by atoms with van der Waals surface area (Å²) in [6.07, 6.45) is 1.51. The van der Waals surface area contributed by atoms with E-state index in [1.54, 1.807) is 55.5 Å². The molecule has 0 saturated carbocycles. The van der Waals surface area contributed by atoms with Crippen LogP contribution in [0.25, 0.3) is 0 Å². The number of carbonyl (C=O) groups is 2. The minimum absolute atomic E-state index is 0.114. The van der Waals surface area contributed by atoms with Gasteiger partial charge in [0.15, 0.2) is 9.84 Å². The summed E-state index contributed by atoms with van der Waals surface area (Å²) in [6.45, 7) is 1.75. The van der Waals surface area contributed by atoms with Crippen LogP contribution in [0.5, 0.6) is 0 Å². The molecular weight excluding hydrogens is 340 g/mol. The van der Waals surface area contributed by atoms with Gasteiger partial charge in [-0.05, 0) is 35.9 Å². The summed E-state index contributed by atoms with van der Waals surface area (Å²) >= 11 is 0. The third kappa shape index (κ3) is 6.04. The molecule has 0 spiro atoms. The van der Waals surface area contributed by atoms with Crippen LogP contribution in [0.4, 0.5) is 11.4 Å². The normalized spacial score (nSPS) is 11.0. The molecule has 0 aromatic heterocycles. The van der Waals surface area contributed by atoms with E-state index in [2.05, 4.69) is 10.6 Å². The Hall–Kier alpha value is -2.67. The molecule has 0 bridgehead atoms. The molecule has 2 aromatic rings. The largest absolute Gasteiger partial charge is 0.326 e. The van der Waals surface area contributed by atoms with Gasteiger partial charge < -0.3 is 10.6 Å². The van der Waals surface area contributed by atoms with Crippen LogP contribution in [0.1, 0.15) is 29.3 Å². The van der Waals surface area contributed by atoms with Crippen molar-refractivity contribution in [3.05, 3.63) is 59.7 Å². The van der Waals surface area contributed by atoms with E-state index in [0.29, 0.717) is 28.9 Å². The standard InChI is InChI=1S/C18H20N2O4S/c1-3-17(21)19-15-8-5-9-16(11-15)20-18(22)14-7-4-6-13(10-14)12-25(2,23)24/h4-11H,3,12H2,1-2H3,(H,19,21)(H,20,22). The van der Waals surface area contributed by atoms with Crippen LogP contribution >= 0.6 is 0 Å². The minimum Gasteiger partial charge on any atom is -0.326 e. The van der Waals surface area contributed by atoms with Crippen molar-refractivity contribution in [3.8, 4) is 0 Å². The fraction of sp³-hybridized carbons (Fsp3) is 0.222. The van der Waals surface area contributed by atoms with E-state index in [4.69, 9.17) is 0 Å². The number of rotatable bonds is 6. The number of hydrogen-bond donors (Lipinski definition) is 2. The van der Waals surface area contributed by atoms with Crippen LogP contribution in [-0.4, -0.2) is 26.5 Å². The molecule has 2 aromatic carbocycles. The topological polar surface area (TPSA) is 92.3 Å². The molecule has 2 N–H and O–H groups in total. The molecule has 0 unspecified atom stereocenters. The summed E-state index contributed by atoms with van der Waals surface area (Å²) in [5, 5.41) is 5.46. The Morgan fingerprint density at radius 1 is 0.960 bits per heavy atom. The summed E-state index contributed by atoms with van der Waals surface area (Å²) in [7, 11) is -3.17. The molecule has 6 nitrogen and oxygen atoms in total. The molecule has 25 heavy (non-hydrogen) atoms. The first-order chi connectivity index (χ1) is 11.8. The third-order valence-electron chi connectivity index (χ3n) is 3.34. The number of carbonyl (C=O) groups excluding carboxylic acids is 2. The zero-order valence-corrected chi connectivity index (χ0v) is 14.9. The Balaban J connectivity index is 2.13. The van der Waals surface area contributed by atoms with Gasteiger partial charge in [0.25, 0.3) is 5.91 Å². The predicted octanol–water partition coefficient (Wildman–Crippen LogP) is 2.83. The Bertz CT molecular complexity index is 891. The summed E-state index contributed by atoms with van der Waals surface area (Å²) in [5.74, 6) is -0.585. The summed E-state index contributed by atoms with van der Waals surface area (Å²) < 4.78 is 22.8. The summed E-state index contributed by atoms with van der Waals surface area (Å²) in [5.41, 5.74) is 2.05. The molecule has 0 aliphatic rings. The average Bonchev–Trinajstić information content (AvgIpc) is 2.53. The number of benzene rings is 2. The Kier molecular flexibility index (Phi) is 5.93. The average molecular weight is 360 g/mol. The van der Waals surface area contributed by atoms with Crippen molar-refractivity contribution in [2.45, 2.75) is 19.1 Å². The number of anilines is 2. The van der Waals surface area contributed by atoms with Crippen molar-refractivity contribution in [2.75, 3.05) is 16.9 Å². The van der Waals surface area contributed by atoms with Gasteiger partial charge in [0.05, 0.1) is 5.75 Å². The lowest BCUT2D eigenvalue weighted by Crippen LogP contribution is -2.13. The quantitative estimate of drug-likeness (QED) is 0.828. The Morgan fingerprint density at radius 3 is 2.24 bits per heavy atom. The van der Waals surface area contributed by atoms with E-state index in [9.17, 15) is 18.0 Å². The van der Waals surface area contributed by atoms with Gasteiger partial charge in [0.2, 0.25) is 5.91 Å². The second-order valence-electron chi connectivity index (χ2n) is 5.71. The Labute approximate surface area is 147 Å². The van der Waals surface area contributed by atoms with Gasteiger partial charge in [-0.2, -0.15) is 0 Å². The van der Waals surface area contributed by atoms with Crippen molar-refractivity contribution >= 4 is 33.0 Å². The first-order valence-corrected chi connectivity index (χ1v) is 9.81. The van der Waals surface area contributed by atoms with E-state index in [1.807, 2.05) is 0 Å². The minimum atomic E-state index is -3.17. The van der Waals surface area contributed by atoms with E-state index in [0.717, 1.165) is 6.26 Å². The van der Waals surface area contributed by atoms with Gasteiger partial charge >= 0.3 is 0 Å². The second kappa shape index (κ2) is 7.94. The van der Waals surface area contributed by atoms with E-state index < -0.39 is 9.84 Å². The van der Waals surface area contributed by atoms with Gasteiger partial charge in [0.1, 0.15) is 0 Å². The monoisotopic (exact) mass is 360 g/mol. The highest BCUT2D eigenvalue weighted by molar-refractivity contribution is 7.89. The highest BCUT2D eigenvalue weighted by Gasteiger charge is 2.10. The second-order valence-corrected chi connectivity index (χ2v) is 7.85. The van der Waals surface area contributed by atoms with Crippen molar-refractivity contribution in [1.82, 2.24) is 0 Å². The van der Waals surface area contributed by atoms with Crippen molar-refractivity contribution in [1.29, 1.82) is 0 Å². The van der Waals surface area contributed by atoms with E-state index in [-0.39, 0.29) is 17.6 Å². The molecule has 2 amide bonds. The lowest BCUT2D eigenvalue weighted by Gasteiger charge is -2.09. The Morgan fingerprint density at radius 2 is 1.60 bits per heavy atom. The van der Waals surface area contributed by atoms with Gasteiger partial charge in [-0.3, -0.25) is 9.59 Å². The van der Waals surface area contributed by atoms with Crippen LogP contribution < -0.4 is 10.6 Å². The summed E-state index contributed by atoms with van der Waals surface area (Å²) in [6, 6.07) is 13.3. The lowest BCUT2D eigenvalue weighted by atomic mass is 10.1. The molecule has 2 rings (SSSR count). The molecule has 0 heterocycles. The zero-order chi connectivity index (χ0) is 18.4. The highest BCUT2D eigenvalue weighted by Crippen LogP contribution is 2.17. The molecular formula is C18H20N2O4S. The van der Waals surface area contributed by atoms with E-state index >= 15 is 0 Å². The van der Waals surface area contributed by atoms with Crippen molar-refractivity contribution in [3.63, 3.8) is 0 Å². The highest BCUT2D eigenvalue weighted by atomic mass is 32.2. The fourth-order valence-electron chi connectivity index (χ4n) is 2.23. The maximum absolute atomic E-state index is 12.4. The fourth-order valence-corrected chi connectivity index (χ4v) is 3.02. The predicted molar refractivity (Wildman–Crippen MR) is 98.3 cm³/mol. The molecule has 7 heteroatoms. The molecule has 0 atom stereocenters. The first kappa shape index (κ1) is 18.7. The van der Waals surface area contributed by atoms with Gasteiger partial charge in [-0.25, -0.2) is 8.42 Å². The van der Waals surface area contributed by atoms with Gasteiger partial charge in [-0.15, -0.1) is 0 Å². The molecule has 0 fully saturated rings. The van der Waals surface area contributed by atoms with Crippen LogP contribution in [0.3, 0.4) is 0 Å². The van der Waals surface area contributed by atoms with Gasteiger partial charge in [0, 0.05) is 29.6 Å². The summed E-state index contributed by atoms with van der Waals surface area (Å²) in [4.78, 5) is 23.8. The van der Waals surface area contributed by atoms with Gasteiger partial charge in [-0.1, -0.05) is 25.1 Å². The molecule has 0 aliphatic heterocycles. The number of hydrogen-bond acceptors (Lipinski definition) is 4. The third-order valence-corrected chi connectivity index (χ3v) is 4.20. The van der Waals surface area contributed by atoms with E-state index in [1.165, 1.54) is 0 Å².